The van der Waals surface area contributed by atoms with Gasteiger partial charge in [-0.3, -0.25) is 9.59 Å². The molecule has 0 aromatic heterocycles. The average Bonchev–Trinajstić information content (AvgIpc) is 2.45. The van der Waals surface area contributed by atoms with Crippen molar-refractivity contribution in [2.24, 2.45) is 5.41 Å². The van der Waals surface area contributed by atoms with Gasteiger partial charge in [0.2, 0.25) is 11.8 Å². The minimum atomic E-state index is -1.12. The lowest BCUT2D eigenvalue weighted by Gasteiger charge is -2.24. The molecular formula is C16H23ClN2O2. The Morgan fingerprint density at radius 1 is 1.24 bits per heavy atom. The maximum Gasteiger partial charge on any atom is 0.235 e. The van der Waals surface area contributed by atoms with E-state index in [2.05, 4.69) is 10.6 Å². The molecule has 0 fully saturated rings. The Morgan fingerprint density at radius 2 is 1.86 bits per heavy atom. The van der Waals surface area contributed by atoms with Crippen molar-refractivity contribution < 1.29 is 9.59 Å². The molecule has 4 nitrogen and oxygen atoms in total. The molecule has 1 atom stereocenters. The summed E-state index contributed by atoms with van der Waals surface area (Å²) < 4.78 is 0. The summed E-state index contributed by atoms with van der Waals surface area (Å²) in [7, 11) is 0. The monoisotopic (exact) mass is 310 g/mol. The molecule has 0 bridgehead atoms. The number of benzene rings is 1. The Kier molecular flexibility index (Phi) is 6.21. The first kappa shape index (κ1) is 17.5. The van der Waals surface area contributed by atoms with Gasteiger partial charge in [-0.05, 0) is 38.8 Å². The Balaban J connectivity index is 2.65. The quantitative estimate of drug-likeness (QED) is 0.794. The maximum atomic E-state index is 12.2. The van der Waals surface area contributed by atoms with Crippen LogP contribution in [0.1, 0.15) is 39.7 Å². The number of hydrogen-bond donors (Lipinski definition) is 2. The zero-order valence-corrected chi connectivity index (χ0v) is 13.8. The Morgan fingerprint density at radius 3 is 2.43 bits per heavy atom. The molecule has 0 radical (unpaired) electrons. The molecule has 2 amide bonds. The zero-order chi connectivity index (χ0) is 16.0. The van der Waals surface area contributed by atoms with Crippen molar-refractivity contribution in [1.82, 2.24) is 10.6 Å². The van der Waals surface area contributed by atoms with Crippen LogP contribution in [0.15, 0.2) is 24.3 Å². The van der Waals surface area contributed by atoms with Crippen molar-refractivity contribution in [3.05, 3.63) is 34.9 Å². The van der Waals surface area contributed by atoms with Crippen molar-refractivity contribution in [2.45, 2.75) is 46.7 Å². The first-order chi connectivity index (χ1) is 9.78. The highest BCUT2D eigenvalue weighted by atomic mass is 35.5. The van der Waals surface area contributed by atoms with E-state index in [4.69, 9.17) is 11.6 Å². The number of carbonyl (C=O) groups is 2. The largest absolute Gasteiger partial charge is 0.353 e. The fourth-order valence-corrected chi connectivity index (χ4v) is 1.85. The van der Waals surface area contributed by atoms with Gasteiger partial charge in [0.25, 0.3) is 0 Å². The van der Waals surface area contributed by atoms with E-state index in [0.717, 1.165) is 12.0 Å². The van der Waals surface area contributed by atoms with Gasteiger partial charge in [-0.25, -0.2) is 0 Å². The van der Waals surface area contributed by atoms with Gasteiger partial charge in [-0.15, -0.1) is 0 Å². The predicted octanol–water partition coefficient (Wildman–Crippen LogP) is 2.90. The van der Waals surface area contributed by atoms with Gasteiger partial charge in [0, 0.05) is 17.6 Å². The molecule has 0 saturated heterocycles. The molecule has 1 aromatic carbocycles. The minimum absolute atomic E-state index is 0.0492. The molecule has 0 spiro atoms. The normalized spacial score (nSPS) is 12.6. The summed E-state index contributed by atoms with van der Waals surface area (Å²) in [6, 6.07) is 7.34. The van der Waals surface area contributed by atoms with E-state index in [1.807, 2.05) is 32.0 Å². The average molecular weight is 311 g/mol. The van der Waals surface area contributed by atoms with Gasteiger partial charge in [0.15, 0.2) is 0 Å². The van der Waals surface area contributed by atoms with Crippen molar-refractivity contribution >= 4 is 23.4 Å². The van der Waals surface area contributed by atoms with Gasteiger partial charge in [0.05, 0.1) is 0 Å². The second-order valence-electron chi connectivity index (χ2n) is 5.68. The fraction of sp³-hybridized carbons (Fsp3) is 0.500. The molecule has 21 heavy (non-hydrogen) atoms. The molecule has 0 heterocycles. The van der Waals surface area contributed by atoms with E-state index < -0.39 is 5.41 Å². The van der Waals surface area contributed by atoms with Crippen LogP contribution in [0.25, 0.3) is 0 Å². The molecule has 1 unspecified atom stereocenters. The summed E-state index contributed by atoms with van der Waals surface area (Å²) in [6.45, 7) is 7.43. The third-order valence-corrected chi connectivity index (χ3v) is 3.89. The molecule has 116 valence electrons. The van der Waals surface area contributed by atoms with Crippen LogP contribution in [-0.4, -0.2) is 17.9 Å². The van der Waals surface area contributed by atoms with E-state index in [9.17, 15) is 9.59 Å². The van der Waals surface area contributed by atoms with Gasteiger partial charge in [-0.2, -0.15) is 0 Å². The molecule has 0 aliphatic rings. The third-order valence-electron chi connectivity index (χ3n) is 3.52. The topological polar surface area (TPSA) is 58.2 Å². The lowest BCUT2D eigenvalue weighted by Crippen LogP contribution is -2.49. The van der Waals surface area contributed by atoms with Crippen LogP contribution in [0.3, 0.4) is 0 Å². The van der Waals surface area contributed by atoms with E-state index >= 15 is 0 Å². The number of amides is 2. The second-order valence-corrected chi connectivity index (χ2v) is 6.09. The van der Waals surface area contributed by atoms with Crippen LogP contribution < -0.4 is 10.6 Å². The molecule has 5 heteroatoms. The molecular weight excluding hydrogens is 288 g/mol. The van der Waals surface area contributed by atoms with Crippen LogP contribution in [0, 0.1) is 5.41 Å². The molecule has 1 rings (SSSR count). The van der Waals surface area contributed by atoms with Gasteiger partial charge >= 0.3 is 0 Å². The van der Waals surface area contributed by atoms with Crippen LogP contribution >= 0.6 is 11.6 Å². The number of nitrogens with one attached hydrogen (secondary N) is 2. The fourth-order valence-electron chi connectivity index (χ4n) is 1.65. The first-order valence-electron chi connectivity index (χ1n) is 7.11. The first-order valence-corrected chi connectivity index (χ1v) is 7.49. The van der Waals surface area contributed by atoms with Gasteiger partial charge < -0.3 is 10.6 Å². The van der Waals surface area contributed by atoms with E-state index in [0.29, 0.717) is 11.6 Å². The van der Waals surface area contributed by atoms with Crippen LogP contribution in [0.2, 0.25) is 5.02 Å². The SMILES string of the molecule is CCC(C)NC(=O)C(C)(C)C(=O)NCc1ccccc1Cl. The van der Waals surface area contributed by atoms with Crippen molar-refractivity contribution in [2.75, 3.05) is 0 Å². The maximum absolute atomic E-state index is 12.2. The van der Waals surface area contributed by atoms with Gasteiger partial charge in [0.1, 0.15) is 5.41 Å². The molecule has 2 N–H and O–H groups in total. The zero-order valence-electron chi connectivity index (χ0n) is 13.0. The lowest BCUT2D eigenvalue weighted by atomic mass is 9.90. The van der Waals surface area contributed by atoms with Crippen molar-refractivity contribution in [3.8, 4) is 0 Å². The molecule has 0 saturated carbocycles. The van der Waals surface area contributed by atoms with E-state index in [1.165, 1.54) is 0 Å². The third kappa shape index (κ3) is 4.74. The lowest BCUT2D eigenvalue weighted by molar-refractivity contribution is -0.141. The van der Waals surface area contributed by atoms with E-state index in [1.54, 1.807) is 19.9 Å². The number of hydrogen-bond acceptors (Lipinski definition) is 2. The van der Waals surface area contributed by atoms with Crippen LogP contribution in [0.5, 0.6) is 0 Å². The number of carbonyl (C=O) groups excluding carboxylic acids is 2. The Labute approximate surface area is 131 Å². The standard InChI is InChI=1S/C16H23ClN2O2/c1-5-11(2)19-15(21)16(3,4)14(20)18-10-12-8-6-7-9-13(12)17/h6-9,11H,5,10H2,1-4H3,(H,18,20)(H,19,21). The summed E-state index contributed by atoms with van der Waals surface area (Å²) in [6.07, 6.45) is 0.822. The molecule has 0 aliphatic carbocycles. The summed E-state index contributed by atoms with van der Waals surface area (Å²) in [5.74, 6) is -0.586. The predicted molar refractivity (Wildman–Crippen MR) is 85.0 cm³/mol. The summed E-state index contributed by atoms with van der Waals surface area (Å²) in [5.41, 5.74) is -0.296. The summed E-state index contributed by atoms with van der Waals surface area (Å²) in [4.78, 5) is 24.4. The van der Waals surface area contributed by atoms with Crippen molar-refractivity contribution in [3.63, 3.8) is 0 Å². The highest BCUT2D eigenvalue weighted by Crippen LogP contribution is 2.18. The van der Waals surface area contributed by atoms with Gasteiger partial charge in [-0.1, -0.05) is 36.7 Å². The minimum Gasteiger partial charge on any atom is -0.353 e. The summed E-state index contributed by atoms with van der Waals surface area (Å²) >= 11 is 6.04. The summed E-state index contributed by atoms with van der Waals surface area (Å²) in [5, 5.41) is 6.20. The van der Waals surface area contributed by atoms with Crippen LogP contribution in [0.4, 0.5) is 0 Å². The second kappa shape index (κ2) is 7.46. The van der Waals surface area contributed by atoms with Crippen LogP contribution in [-0.2, 0) is 16.1 Å². The van der Waals surface area contributed by atoms with E-state index in [-0.39, 0.29) is 17.9 Å². The number of rotatable bonds is 6. The Bertz CT molecular complexity index is 515. The van der Waals surface area contributed by atoms with Crippen molar-refractivity contribution in [1.29, 1.82) is 0 Å². The smallest absolute Gasteiger partial charge is 0.235 e. The molecule has 0 aliphatic heterocycles. The Hall–Kier alpha value is -1.55. The highest BCUT2D eigenvalue weighted by molar-refractivity contribution is 6.31. The highest BCUT2D eigenvalue weighted by Gasteiger charge is 2.36. The molecule has 1 aromatic rings. The number of halogens is 1.